The van der Waals surface area contributed by atoms with Crippen molar-refractivity contribution in [1.29, 1.82) is 0 Å². The third-order valence-corrected chi connectivity index (χ3v) is 11.3. The number of fused-ring (bicyclic) bond motifs is 1. The second kappa shape index (κ2) is 18.9. The number of nitrogens with one attached hydrogen (secondary N) is 2. The van der Waals surface area contributed by atoms with Crippen molar-refractivity contribution in [2.75, 3.05) is 37.8 Å². The summed E-state index contributed by atoms with van der Waals surface area (Å²) < 4.78 is 61.9. The maximum absolute atomic E-state index is 12.6. The molecular formula is C25H42N7O17P3S. The number of nitrogens with two attached hydrogens (primary N) is 1. The van der Waals surface area contributed by atoms with E-state index in [1.165, 1.54) is 13.8 Å². The molecule has 53 heavy (non-hydrogen) atoms. The van der Waals surface area contributed by atoms with Crippen LogP contribution in [-0.4, -0.2) is 123 Å². The van der Waals surface area contributed by atoms with Crippen LogP contribution in [0.1, 0.15) is 46.3 Å². The molecule has 2 amide bonds. The van der Waals surface area contributed by atoms with Gasteiger partial charge in [-0.3, -0.25) is 32.5 Å². The number of hydrogen-bond donors (Lipinski definition) is 9. The molecular weight excluding hydrogens is 795 g/mol. The van der Waals surface area contributed by atoms with Crippen LogP contribution in [-0.2, 0) is 50.7 Å². The lowest BCUT2D eigenvalue weighted by atomic mass is 9.87. The van der Waals surface area contributed by atoms with Crippen LogP contribution >= 0.6 is 35.2 Å². The van der Waals surface area contributed by atoms with Crippen LogP contribution in [0.25, 0.3) is 11.2 Å². The number of anilines is 1. The molecule has 300 valence electrons. The van der Waals surface area contributed by atoms with E-state index in [1.807, 2.05) is 6.92 Å². The molecule has 1 aliphatic rings. The number of imidazole rings is 1. The van der Waals surface area contributed by atoms with E-state index in [0.29, 0.717) is 12.2 Å². The number of carbonyl (C=O) groups is 3. The van der Waals surface area contributed by atoms with Gasteiger partial charge in [0.2, 0.25) is 11.8 Å². The number of aliphatic hydroxyl groups excluding tert-OH is 2. The van der Waals surface area contributed by atoms with Crippen molar-refractivity contribution in [1.82, 2.24) is 30.2 Å². The molecule has 0 radical (unpaired) electrons. The highest BCUT2D eigenvalue weighted by atomic mass is 32.2. The molecule has 7 atom stereocenters. The van der Waals surface area contributed by atoms with Gasteiger partial charge >= 0.3 is 23.5 Å². The zero-order valence-corrected chi connectivity index (χ0v) is 32.0. The van der Waals surface area contributed by atoms with Gasteiger partial charge in [0.25, 0.3) is 0 Å². The van der Waals surface area contributed by atoms with Crippen LogP contribution in [0, 0.1) is 5.41 Å². The molecule has 3 rings (SSSR count). The number of aromatic nitrogens is 4. The van der Waals surface area contributed by atoms with E-state index in [4.69, 9.17) is 19.5 Å². The molecule has 0 bridgehead atoms. The number of phosphoric acid groups is 3. The summed E-state index contributed by atoms with van der Waals surface area (Å²) in [7, 11) is -16.4. The average Bonchev–Trinajstić information content (AvgIpc) is 3.61. The van der Waals surface area contributed by atoms with Gasteiger partial charge in [-0.1, -0.05) is 32.5 Å². The Morgan fingerprint density at radius 1 is 1.06 bits per heavy atom. The van der Waals surface area contributed by atoms with Crippen molar-refractivity contribution < 1.29 is 80.5 Å². The number of ether oxygens (including phenoxy) is 1. The fourth-order valence-electron chi connectivity index (χ4n) is 4.57. The standard InChI is InChI=1S/C25H42N7O17P3S/c1-4-5-16(34)53-9-8-27-15(33)6-7-28-23(37)20(36)25(2,3)11-46-52(43,44)49-51(41,42)45-10-14-19(48-50(38,39)40)18(35)24(47-14)32-13-31-17-21(26)29-12-30-22(17)32/h12-14,18-20,24,35-36H,4-11H2,1-3H3,(H,27,33)(H,28,37)(H,41,42)(H,43,44)(H2,26,29,30)(H2,38,39,40)/t14-,18?,19?,20+,24-/m0/s1. The van der Waals surface area contributed by atoms with Crippen LogP contribution in [0.15, 0.2) is 12.7 Å². The zero-order chi connectivity index (χ0) is 39.8. The van der Waals surface area contributed by atoms with E-state index in [9.17, 15) is 57.9 Å². The summed E-state index contributed by atoms with van der Waals surface area (Å²) in [5.74, 6) is -1.06. The van der Waals surface area contributed by atoms with Crippen molar-refractivity contribution in [3.63, 3.8) is 0 Å². The molecule has 0 aromatic carbocycles. The highest BCUT2D eigenvalue weighted by molar-refractivity contribution is 8.13. The molecule has 1 saturated heterocycles. The first kappa shape index (κ1) is 45.0. The molecule has 24 nitrogen and oxygen atoms in total. The normalized spacial score (nSPS) is 22.2. The summed E-state index contributed by atoms with van der Waals surface area (Å²) in [5, 5.41) is 26.3. The molecule has 28 heteroatoms. The molecule has 1 fully saturated rings. The van der Waals surface area contributed by atoms with Gasteiger partial charge in [-0.15, -0.1) is 0 Å². The summed E-state index contributed by atoms with van der Waals surface area (Å²) >= 11 is 1.09. The first-order valence-corrected chi connectivity index (χ1v) is 21.1. The largest absolute Gasteiger partial charge is 0.481 e. The number of nitrogens with zero attached hydrogens (tertiary/aromatic N) is 4. The number of phosphoric ester groups is 3. The van der Waals surface area contributed by atoms with Gasteiger partial charge in [-0.25, -0.2) is 28.6 Å². The van der Waals surface area contributed by atoms with Gasteiger partial charge in [0.15, 0.2) is 22.8 Å². The Kier molecular flexibility index (Phi) is 16.1. The minimum atomic E-state index is -5.56. The van der Waals surface area contributed by atoms with E-state index >= 15 is 0 Å². The van der Waals surface area contributed by atoms with Crippen LogP contribution < -0.4 is 16.4 Å². The smallest absolute Gasteiger partial charge is 0.386 e. The lowest BCUT2D eigenvalue weighted by Gasteiger charge is -2.30. The molecule has 0 aliphatic carbocycles. The van der Waals surface area contributed by atoms with Crippen molar-refractivity contribution in [3.05, 3.63) is 12.7 Å². The fourth-order valence-corrected chi connectivity index (χ4v) is 8.18. The number of thioether (sulfide) groups is 1. The highest BCUT2D eigenvalue weighted by Gasteiger charge is 2.50. The molecule has 2 aromatic heterocycles. The molecule has 0 spiro atoms. The molecule has 0 saturated carbocycles. The molecule has 4 unspecified atom stereocenters. The predicted molar refractivity (Wildman–Crippen MR) is 182 cm³/mol. The van der Waals surface area contributed by atoms with E-state index < -0.39 is 84.6 Å². The van der Waals surface area contributed by atoms with Gasteiger partial charge in [0.1, 0.15) is 36.3 Å². The van der Waals surface area contributed by atoms with Gasteiger partial charge < -0.3 is 50.9 Å². The van der Waals surface area contributed by atoms with Crippen LogP contribution in [0.4, 0.5) is 5.82 Å². The second-order valence-corrected chi connectivity index (χ2v) is 17.4. The molecule has 10 N–H and O–H groups in total. The Hall–Kier alpha value is -2.44. The Morgan fingerprint density at radius 3 is 2.40 bits per heavy atom. The first-order chi connectivity index (χ1) is 24.6. The SMILES string of the molecule is CCCC(=O)SCCNC(=O)CCNC(=O)[C@@H](O)C(C)(C)COP(=O)(O)OP(=O)(O)OC[C@@H]1O[C@H](n2cnc3c(N)ncnc32)C(O)C1OP(=O)(O)O. The number of amides is 2. The summed E-state index contributed by atoms with van der Waals surface area (Å²) in [4.78, 5) is 86.8. The third-order valence-electron chi connectivity index (χ3n) is 7.22. The van der Waals surface area contributed by atoms with Gasteiger partial charge in [0, 0.05) is 37.1 Å². The molecule has 3 heterocycles. The number of aliphatic hydroxyl groups is 2. The Bertz CT molecular complexity index is 1750. The Morgan fingerprint density at radius 2 is 1.74 bits per heavy atom. The second-order valence-electron chi connectivity index (χ2n) is 12.0. The number of hydrogen-bond acceptors (Lipinski definition) is 18. The van der Waals surface area contributed by atoms with Crippen LogP contribution in [0.5, 0.6) is 0 Å². The first-order valence-electron chi connectivity index (χ1n) is 15.6. The van der Waals surface area contributed by atoms with Gasteiger partial charge in [0.05, 0.1) is 19.5 Å². The number of carbonyl (C=O) groups excluding carboxylic acids is 3. The number of nitrogen functional groups attached to an aromatic ring is 1. The van der Waals surface area contributed by atoms with Gasteiger partial charge in [-0.05, 0) is 6.42 Å². The summed E-state index contributed by atoms with van der Waals surface area (Å²) in [6.07, 6.45) is -5.73. The highest BCUT2D eigenvalue weighted by Crippen LogP contribution is 2.61. The average molecular weight is 838 g/mol. The topological polar surface area (TPSA) is 364 Å². The minimum absolute atomic E-state index is 0.0127. The lowest BCUT2D eigenvalue weighted by molar-refractivity contribution is -0.137. The summed E-state index contributed by atoms with van der Waals surface area (Å²) in [5.41, 5.74) is 4.27. The van der Waals surface area contributed by atoms with Crippen molar-refractivity contribution >= 4 is 69.1 Å². The number of rotatable bonds is 21. The molecule has 1 aliphatic heterocycles. The fraction of sp³-hybridized carbons (Fsp3) is 0.680. The predicted octanol–water partition coefficient (Wildman–Crippen LogP) is -0.535. The van der Waals surface area contributed by atoms with E-state index in [0.717, 1.165) is 35.4 Å². The Labute approximate surface area is 306 Å². The van der Waals surface area contributed by atoms with E-state index in [1.54, 1.807) is 0 Å². The van der Waals surface area contributed by atoms with Crippen molar-refractivity contribution in [3.8, 4) is 0 Å². The zero-order valence-electron chi connectivity index (χ0n) is 28.5. The lowest BCUT2D eigenvalue weighted by Crippen LogP contribution is -2.46. The minimum Gasteiger partial charge on any atom is -0.386 e. The third kappa shape index (κ3) is 13.7. The summed E-state index contributed by atoms with van der Waals surface area (Å²) in [6, 6.07) is 0. The van der Waals surface area contributed by atoms with Crippen molar-refractivity contribution in [2.45, 2.75) is 70.7 Å². The van der Waals surface area contributed by atoms with Crippen molar-refractivity contribution in [2.24, 2.45) is 5.41 Å². The van der Waals surface area contributed by atoms with Crippen LogP contribution in [0.3, 0.4) is 0 Å². The Balaban J connectivity index is 1.52. The molecule has 2 aromatic rings. The van der Waals surface area contributed by atoms with E-state index in [2.05, 4.69) is 34.4 Å². The monoisotopic (exact) mass is 837 g/mol. The van der Waals surface area contributed by atoms with Gasteiger partial charge in [-0.2, -0.15) is 4.31 Å². The maximum atomic E-state index is 12.6. The van der Waals surface area contributed by atoms with Crippen LogP contribution in [0.2, 0.25) is 0 Å². The maximum Gasteiger partial charge on any atom is 0.481 e. The van der Waals surface area contributed by atoms with E-state index in [-0.39, 0.29) is 41.6 Å². The quantitative estimate of drug-likeness (QED) is 0.0563. The summed E-state index contributed by atoms with van der Waals surface area (Å²) in [6.45, 7) is 2.41.